The maximum absolute atomic E-state index is 11.3. The van der Waals surface area contributed by atoms with Crippen LogP contribution >= 0.6 is 0 Å². The second-order valence-corrected chi connectivity index (χ2v) is 6.32. The number of methoxy groups -OCH3 is 1. The van der Waals surface area contributed by atoms with Gasteiger partial charge in [0, 0.05) is 12.6 Å². The van der Waals surface area contributed by atoms with Gasteiger partial charge in [-0.2, -0.15) is 0 Å². The molecular formula is C17H25NO3. The Labute approximate surface area is 126 Å². The molecule has 2 rings (SSSR count). The zero-order chi connectivity index (χ0) is 15.5. The van der Waals surface area contributed by atoms with Gasteiger partial charge in [-0.05, 0) is 57.4 Å². The van der Waals surface area contributed by atoms with Gasteiger partial charge in [-0.25, -0.2) is 0 Å². The normalized spacial score (nSPS) is 24.0. The molecule has 4 heteroatoms. The number of hydrogen-bond acceptors (Lipinski definition) is 3. The highest BCUT2D eigenvalue weighted by Crippen LogP contribution is 2.32. The van der Waals surface area contributed by atoms with Crippen molar-refractivity contribution in [2.24, 2.45) is 5.41 Å². The first-order valence-electron chi connectivity index (χ1n) is 7.55. The van der Waals surface area contributed by atoms with Crippen LogP contribution in [0.5, 0.6) is 5.75 Å². The first-order valence-corrected chi connectivity index (χ1v) is 7.55. The fourth-order valence-electron chi connectivity index (χ4n) is 2.90. The largest absolute Gasteiger partial charge is 0.497 e. The Morgan fingerprint density at radius 1 is 1.43 bits per heavy atom. The number of ether oxygens (including phenoxy) is 1. The summed E-state index contributed by atoms with van der Waals surface area (Å²) in [5.74, 6) is 0.205. The van der Waals surface area contributed by atoms with Crippen LogP contribution in [0.2, 0.25) is 0 Å². The van der Waals surface area contributed by atoms with Gasteiger partial charge in [0.05, 0.1) is 12.5 Å². The van der Waals surface area contributed by atoms with Gasteiger partial charge < -0.3 is 9.84 Å². The summed E-state index contributed by atoms with van der Waals surface area (Å²) >= 11 is 0. The highest BCUT2D eigenvalue weighted by molar-refractivity contribution is 5.74. The molecule has 0 bridgehead atoms. The topological polar surface area (TPSA) is 49.8 Å². The van der Waals surface area contributed by atoms with Gasteiger partial charge in [0.2, 0.25) is 0 Å². The molecule has 1 aromatic rings. The second-order valence-electron chi connectivity index (χ2n) is 6.32. The van der Waals surface area contributed by atoms with E-state index in [9.17, 15) is 9.90 Å². The maximum Gasteiger partial charge on any atom is 0.310 e. The van der Waals surface area contributed by atoms with Crippen molar-refractivity contribution >= 4 is 5.97 Å². The van der Waals surface area contributed by atoms with Crippen LogP contribution in [0.25, 0.3) is 0 Å². The summed E-state index contributed by atoms with van der Waals surface area (Å²) in [6.45, 7) is 5.58. The van der Waals surface area contributed by atoms with Gasteiger partial charge in [-0.1, -0.05) is 12.1 Å². The van der Waals surface area contributed by atoms with Crippen LogP contribution in [0.4, 0.5) is 0 Å². The molecule has 0 radical (unpaired) electrons. The van der Waals surface area contributed by atoms with Gasteiger partial charge in [0.25, 0.3) is 0 Å². The van der Waals surface area contributed by atoms with E-state index in [0.717, 1.165) is 31.6 Å². The van der Waals surface area contributed by atoms with Crippen molar-refractivity contribution in [1.82, 2.24) is 4.90 Å². The quantitative estimate of drug-likeness (QED) is 0.875. The molecule has 1 heterocycles. The standard InChI is InChI=1S/C17H25NO3/c1-13(18-11-10-17(2,12-18)16(19)20)4-5-14-6-8-15(21-3)9-7-14/h6-9,13H,4-5,10-12H2,1-3H3,(H,19,20). The van der Waals surface area contributed by atoms with Gasteiger partial charge in [-0.3, -0.25) is 9.69 Å². The molecule has 21 heavy (non-hydrogen) atoms. The lowest BCUT2D eigenvalue weighted by Crippen LogP contribution is -2.36. The lowest BCUT2D eigenvalue weighted by atomic mass is 9.90. The number of carboxylic acids is 1. The SMILES string of the molecule is COc1ccc(CCC(C)N2CCC(C)(C(=O)O)C2)cc1. The van der Waals surface area contributed by atoms with Crippen molar-refractivity contribution in [3.8, 4) is 5.75 Å². The van der Waals surface area contributed by atoms with Gasteiger partial charge in [-0.15, -0.1) is 0 Å². The van der Waals surface area contributed by atoms with Crippen molar-refractivity contribution in [3.05, 3.63) is 29.8 Å². The van der Waals surface area contributed by atoms with Gasteiger partial charge in [0.1, 0.15) is 5.75 Å². The van der Waals surface area contributed by atoms with Crippen molar-refractivity contribution in [1.29, 1.82) is 0 Å². The Morgan fingerprint density at radius 3 is 2.62 bits per heavy atom. The molecule has 1 aliphatic heterocycles. The summed E-state index contributed by atoms with van der Waals surface area (Å²) in [6, 6.07) is 8.57. The molecule has 116 valence electrons. The summed E-state index contributed by atoms with van der Waals surface area (Å²) in [5, 5.41) is 9.29. The zero-order valence-corrected chi connectivity index (χ0v) is 13.1. The summed E-state index contributed by atoms with van der Waals surface area (Å²) in [4.78, 5) is 13.6. The Morgan fingerprint density at radius 2 is 2.10 bits per heavy atom. The molecule has 0 spiro atoms. The number of carboxylic acid groups (broad SMARTS) is 1. The predicted molar refractivity (Wildman–Crippen MR) is 82.7 cm³/mol. The molecule has 1 N–H and O–H groups in total. The molecule has 1 aliphatic rings. The van der Waals surface area contributed by atoms with Crippen LogP contribution in [0.15, 0.2) is 24.3 Å². The number of likely N-dealkylation sites (tertiary alicyclic amines) is 1. The molecule has 0 aliphatic carbocycles. The highest BCUT2D eigenvalue weighted by atomic mass is 16.5. The van der Waals surface area contributed by atoms with E-state index >= 15 is 0 Å². The molecule has 2 unspecified atom stereocenters. The molecule has 1 fully saturated rings. The van der Waals surface area contributed by atoms with Crippen molar-refractivity contribution in [2.75, 3.05) is 20.2 Å². The molecule has 0 saturated carbocycles. The number of benzene rings is 1. The third kappa shape index (κ3) is 3.76. The Balaban J connectivity index is 1.84. The third-order valence-corrected chi connectivity index (χ3v) is 4.65. The minimum Gasteiger partial charge on any atom is -0.497 e. The average molecular weight is 291 g/mol. The second kappa shape index (κ2) is 6.48. The fourth-order valence-corrected chi connectivity index (χ4v) is 2.90. The Kier molecular flexibility index (Phi) is 4.88. The third-order valence-electron chi connectivity index (χ3n) is 4.65. The molecule has 1 saturated heterocycles. The molecule has 2 atom stereocenters. The summed E-state index contributed by atoms with van der Waals surface area (Å²) in [6.07, 6.45) is 2.79. The van der Waals surface area contributed by atoms with Crippen LogP contribution in [0.3, 0.4) is 0 Å². The molecule has 0 amide bonds. The number of nitrogens with zero attached hydrogens (tertiary/aromatic N) is 1. The first kappa shape index (κ1) is 15.8. The van der Waals surface area contributed by atoms with Gasteiger partial charge in [0.15, 0.2) is 0 Å². The molecule has 0 aromatic heterocycles. The van der Waals surface area contributed by atoms with Crippen LogP contribution in [-0.2, 0) is 11.2 Å². The number of aliphatic carboxylic acids is 1. The lowest BCUT2D eigenvalue weighted by Gasteiger charge is -2.26. The maximum atomic E-state index is 11.3. The highest BCUT2D eigenvalue weighted by Gasteiger charge is 2.41. The van der Waals surface area contributed by atoms with Gasteiger partial charge >= 0.3 is 5.97 Å². The van der Waals surface area contributed by atoms with E-state index in [2.05, 4.69) is 24.0 Å². The predicted octanol–water partition coefficient (Wildman–Crippen LogP) is 2.81. The molecular weight excluding hydrogens is 266 g/mol. The smallest absolute Gasteiger partial charge is 0.310 e. The lowest BCUT2D eigenvalue weighted by molar-refractivity contribution is -0.147. The monoisotopic (exact) mass is 291 g/mol. The Hall–Kier alpha value is -1.55. The van der Waals surface area contributed by atoms with E-state index in [0.29, 0.717) is 12.6 Å². The minimum atomic E-state index is -0.674. The fraction of sp³-hybridized carbons (Fsp3) is 0.588. The van der Waals surface area contributed by atoms with Crippen molar-refractivity contribution in [2.45, 2.75) is 39.2 Å². The summed E-state index contributed by atoms with van der Waals surface area (Å²) in [5.41, 5.74) is 0.719. The van der Waals surface area contributed by atoms with E-state index in [1.807, 2.05) is 19.1 Å². The zero-order valence-electron chi connectivity index (χ0n) is 13.1. The van der Waals surface area contributed by atoms with E-state index < -0.39 is 11.4 Å². The van der Waals surface area contributed by atoms with Crippen molar-refractivity contribution in [3.63, 3.8) is 0 Å². The number of aryl methyl sites for hydroxylation is 1. The molecule has 4 nitrogen and oxygen atoms in total. The van der Waals surface area contributed by atoms with Crippen LogP contribution in [0, 0.1) is 5.41 Å². The van der Waals surface area contributed by atoms with E-state index in [4.69, 9.17) is 4.74 Å². The van der Waals surface area contributed by atoms with Crippen LogP contribution in [0.1, 0.15) is 32.3 Å². The molecule has 1 aromatic carbocycles. The van der Waals surface area contributed by atoms with Crippen LogP contribution < -0.4 is 4.74 Å². The number of hydrogen-bond donors (Lipinski definition) is 1. The van der Waals surface area contributed by atoms with E-state index in [1.165, 1.54) is 5.56 Å². The van der Waals surface area contributed by atoms with Crippen molar-refractivity contribution < 1.29 is 14.6 Å². The van der Waals surface area contributed by atoms with E-state index in [1.54, 1.807) is 7.11 Å². The number of carbonyl (C=O) groups is 1. The minimum absolute atomic E-state index is 0.410. The number of rotatable bonds is 6. The van der Waals surface area contributed by atoms with Crippen LogP contribution in [-0.4, -0.2) is 42.2 Å². The average Bonchev–Trinajstić information content (AvgIpc) is 2.89. The van der Waals surface area contributed by atoms with E-state index in [-0.39, 0.29) is 0 Å². The summed E-state index contributed by atoms with van der Waals surface area (Å²) in [7, 11) is 1.67. The first-order chi connectivity index (χ1) is 9.94. The summed E-state index contributed by atoms with van der Waals surface area (Å²) < 4.78 is 5.16. The Bertz CT molecular complexity index is 485.